The number of nitrogens with one attached hydrogen (secondary N) is 1. The Morgan fingerprint density at radius 3 is 1.93 bits per heavy atom. The van der Waals surface area contributed by atoms with Crippen LogP contribution in [0.1, 0.15) is 86.6 Å². The number of nitrogens with zero attached hydrogens (tertiary/aromatic N) is 1. The van der Waals surface area contributed by atoms with Crippen molar-refractivity contribution < 1.29 is 42.1 Å². The number of halogens is 3. The van der Waals surface area contributed by atoms with E-state index in [4.69, 9.17) is 14.9 Å². The van der Waals surface area contributed by atoms with Gasteiger partial charge in [0.1, 0.15) is 11.6 Å². The minimum atomic E-state index is -5.20. The van der Waals surface area contributed by atoms with Crippen molar-refractivity contribution in [1.82, 2.24) is 4.90 Å². The predicted molar refractivity (Wildman–Crippen MR) is 146 cm³/mol. The SMILES string of the molecule is COC(C)(C(=O)O)c1ccc2c(c1)C(=N)N(CC(=O)c1cc(C(C)(C)C)c(OC(=O)C(F)(F)F)c(C(C)(C)C)c1)C2. The van der Waals surface area contributed by atoms with Crippen LogP contribution in [0.25, 0.3) is 0 Å². The van der Waals surface area contributed by atoms with Crippen molar-refractivity contribution in [3.05, 3.63) is 63.7 Å². The zero-order valence-electron chi connectivity index (χ0n) is 24.4. The lowest BCUT2D eigenvalue weighted by Crippen LogP contribution is -2.34. The minimum absolute atomic E-state index is 0.0295. The highest BCUT2D eigenvalue weighted by molar-refractivity contribution is 6.05. The van der Waals surface area contributed by atoms with Gasteiger partial charge in [-0.3, -0.25) is 10.2 Å². The van der Waals surface area contributed by atoms with Crippen molar-refractivity contribution in [3.63, 3.8) is 0 Å². The van der Waals surface area contributed by atoms with Crippen LogP contribution in [0.15, 0.2) is 30.3 Å². The molecule has 222 valence electrons. The fourth-order valence-corrected chi connectivity index (χ4v) is 4.58. The second kappa shape index (κ2) is 10.6. The van der Waals surface area contributed by atoms with Crippen molar-refractivity contribution in [2.75, 3.05) is 13.7 Å². The molecule has 41 heavy (non-hydrogen) atoms. The molecule has 0 spiro atoms. The number of Topliss-reactive ketones (excluding diaryl/α,β-unsaturated/α-hetero) is 1. The van der Waals surface area contributed by atoms with Gasteiger partial charge in [-0.1, -0.05) is 53.7 Å². The van der Waals surface area contributed by atoms with Crippen molar-refractivity contribution in [2.45, 2.75) is 77.6 Å². The summed E-state index contributed by atoms with van der Waals surface area (Å²) in [6, 6.07) is 7.76. The number of hydrogen-bond acceptors (Lipinski definition) is 6. The van der Waals surface area contributed by atoms with Crippen LogP contribution in [0.3, 0.4) is 0 Å². The number of aliphatic carboxylic acids is 1. The quantitative estimate of drug-likeness (QED) is 0.246. The summed E-state index contributed by atoms with van der Waals surface area (Å²) in [7, 11) is 1.28. The van der Waals surface area contributed by atoms with Crippen molar-refractivity contribution in [1.29, 1.82) is 5.41 Å². The van der Waals surface area contributed by atoms with E-state index in [1.807, 2.05) is 0 Å². The Labute approximate surface area is 236 Å². The number of carbonyl (C=O) groups is 3. The second-order valence-electron chi connectivity index (χ2n) is 12.3. The highest BCUT2D eigenvalue weighted by Crippen LogP contribution is 2.42. The molecule has 3 rings (SSSR count). The summed E-state index contributed by atoms with van der Waals surface area (Å²) in [5.41, 5.74) is -0.915. The molecule has 11 heteroatoms. The molecule has 0 amide bonds. The highest BCUT2D eigenvalue weighted by atomic mass is 19.4. The summed E-state index contributed by atoms with van der Waals surface area (Å²) in [5, 5.41) is 18.3. The topological polar surface area (TPSA) is 117 Å². The van der Waals surface area contributed by atoms with Gasteiger partial charge in [-0.2, -0.15) is 13.2 Å². The molecule has 1 aliphatic rings. The smallest absolute Gasteiger partial charge is 0.479 e. The molecular weight excluding hydrogens is 541 g/mol. The lowest BCUT2D eigenvalue weighted by atomic mass is 9.78. The first-order valence-electron chi connectivity index (χ1n) is 12.9. The largest absolute Gasteiger partial charge is 0.491 e. The second-order valence-corrected chi connectivity index (χ2v) is 12.3. The molecule has 2 aromatic carbocycles. The van der Waals surface area contributed by atoms with Gasteiger partial charge >= 0.3 is 18.1 Å². The van der Waals surface area contributed by atoms with Gasteiger partial charge < -0.3 is 19.5 Å². The van der Waals surface area contributed by atoms with E-state index in [-0.39, 0.29) is 47.1 Å². The molecule has 0 saturated heterocycles. The van der Waals surface area contributed by atoms with Crippen LogP contribution in [0.5, 0.6) is 5.75 Å². The number of hydrogen-bond donors (Lipinski definition) is 2. The standard InChI is InChI=1S/C30H35F3N2O6/c1-27(2,3)20-11-17(12-21(28(4,5)6)23(20)41-26(39)30(31,32)33)22(36)15-35-14-16-9-10-18(13-19(16)24(35)34)29(7,40-8)25(37)38/h9-13,34H,14-15H2,1-8H3,(H,37,38). The molecule has 1 heterocycles. The van der Waals surface area contributed by atoms with Crippen LogP contribution in [-0.4, -0.2) is 53.4 Å². The molecule has 1 atom stereocenters. The number of fused-ring (bicyclic) bond motifs is 1. The summed E-state index contributed by atoms with van der Waals surface area (Å²) in [6.07, 6.45) is -5.20. The first kappa shape index (κ1) is 31.8. The average Bonchev–Trinajstić information content (AvgIpc) is 3.15. The Balaban J connectivity index is 2.01. The zero-order valence-corrected chi connectivity index (χ0v) is 24.4. The van der Waals surface area contributed by atoms with Crippen LogP contribution >= 0.6 is 0 Å². The molecule has 1 aliphatic heterocycles. The number of esters is 1. The van der Waals surface area contributed by atoms with Crippen molar-refractivity contribution in [3.8, 4) is 5.75 Å². The van der Waals surface area contributed by atoms with Crippen LogP contribution in [0.4, 0.5) is 13.2 Å². The van der Waals surface area contributed by atoms with Crippen LogP contribution in [0, 0.1) is 5.41 Å². The van der Waals surface area contributed by atoms with Gasteiger partial charge in [0.2, 0.25) is 0 Å². The van der Waals surface area contributed by atoms with E-state index in [0.717, 1.165) is 5.56 Å². The Morgan fingerprint density at radius 1 is 0.951 bits per heavy atom. The summed E-state index contributed by atoms with van der Waals surface area (Å²) in [4.78, 5) is 38.8. The third kappa shape index (κ3) is 6.29. The fraction of sp³-hybridized carbons (Fsp3) is 0.467. The first-order chi connectivity index (χ1) is 18.6. The highest BCUT2D eigenvalue weighted by Gasteiger charge is 2.43. The molecule has 0 aromatic heterocycles. The first-order valence-corrected chi connectivity index (χ1v) is 12.9. The maximum absolute atomic E-state index is 13.6. The number of alkyl halides is 3. The number of ketones is 1. The lowest BCUT2D eigenvalue weighted by molar-refractivity contribution is -0.189. The third-order valence-corrected chi connectivity index (χ3v) is 7.20. The van der Waals surface area contributed by atoms with E-state index >= 15 is 0 Å². The number of methoxy groups -OCH3 is 1. The number of ether oxygens (including phenoxy) is 2. The number of carboxylic acids is 1. The third-order valence-electron chi connectivity index (χ3n) is 7.20. The number of benzene rings is 2. The van der Waals surface area contributed by atoms with Gasteiger partial charge in [0.05, 0.1) is 6.54 Å². The van der Waals surface area contributed by atoms with Crippen molar-refractivity contribution >= 4 is 23.6 Å². The number of carboxylic acid groups (broad SMARTS) is 1. The Bertz CT molecular complexity index is 1380. The average molecular weight is 577 g/mol. The van der Waals surface area contributed by atoms with Crippen LogP contribution < -0.4 is 4.74 Å². The molecular formula is C30H35F3N2O6. The van der Waals surface area contributed by atoms with Crippen LogP contribution in [0.2, 0.25) is 0 Å². The minimum Gasteiger partial charge on any atom is -0.479 e. The fourth-order valence-electron chi connectivity index (χ4n) is 4.58. The van der Waals surface area contributed by atoms with Gasteiger partial charge in [-0.25, -0.2) is 9.59 Å². The summed E-state index contributed by atoms with van der Waals surface area (Å²) in [5.74, 6) is -4.12. The summed E-state index contributed by atoms with van der Waals surface area (Å²) >= 11 is 0. The Morgan fingerprint density at radius 2 is 1.49 bits per heavy atom. The maximum atomic E-state index is 13.6. The monoisotopic (exact) mass is 576 g/mol. The Kier molecular flexibility index (Phi) is 8.21. The lowest BCUT2D eigenvalue weighted by Gasteiger charge is -2.30. The van der Waals surface area contributed by atoms with Crippen LogP contribution in [-0.2, 0) is 37.3 Å². The Hall–Kier alpha value is -3.73. The molecule has 1 unspecified atom stereocenters. The normalized spacial score (nSPS) is 15.4. The molecule has 0 saturated carbocycles. The molecule has 2 aromatic rings. The molecule has 0 aliphatic carbocycles. The number of rotatable bonds is 7. The molecule has 8 nitrogen and oxygen atoms in total. The molecule has 0 fully saturated rings. The zero-order chi connectivity index (χ0) is 31.3. The van der Waals surface area contributed by atoms with E-state index in [2.05, 4.69) is 0 Å². The van der Waals surface area contributed by atoms with E-state index in [0.29, 0.717) is 11.1 Å². The summed E-state index contributed by atoms with van der Waals surface area (Å²) in [6.45, 7) is 11.9. The van der Waals surface area contributed by atoms with E-state index in [1.165, 1.54) is 31.1 Å². The van der Waals surface area contributed by atoms with Gasteiger partial charge in [0.25, 0.3) is 0 Å². The predicted octanol–water partition coefficient (Wildman–Crippen LogP) is 5.72. The van der Waals surface area contributed by atoms with Gasteiger partial charge in [-0.05, 0) is 47.1 Å². The van der Waals surface area contributed by atoms with Gasteiger partial charge in [0.15, 0.2) is 11.4 Å². The summed E-state index contributed by atoms with van der Waals surface area (Å²) < 4.78 is 49.5. The molecule has 0 bridgehead atoms. The molecule has 2 N–H and O–H groups in total. The van der Waals surface area contributed by atoms with Gasteiger partial charge in [0, 0.05) is 35.9 Å². The number of carbonyl (C=O) groups excluding carboxylic acids is 2. The van der Waals surface area contributed by atoms with Crippen molar-refractivity contribution in [2.24, 2.45) is 0 Å². The maximum Gasteiger partial charge on any atom is 0.491 e. The number of amidine groups is 1. The van der Waals surface area contributed by atoms with E-state index in [1.54, 1.807) is 59.7 Å². The van der Waals surface area contributed by atoms with E-state index < -0.39 is 34.5 Å². The van der Waals surface area contributed by atoms with E-state index in [9.17, 15) is 32.7 Å². The molecule has 0 radical (unpaired) electrons. The van der Waals surface area contributed by atoms with Gasteiger partial charge in [-0.15, -0.1) is 0 Å².